The van der Waals surface area contributed by atoms with E-state index in [0.717, 1.165) is 11.1 Å². The van der Waals surface area contributed by atoms with Crippen LogP contribution in [0.5, 0.6) is 0 Å². The van der Waals surface area contributed by atoms with Gasteiger partial charge in [0, 0.05) is 6.54 Å². The molecule has 2 aromatic carbocycles. The van der Waals surface area contributed by atoms with Gasteiger partial charge in [-0.2, -0.15) is 0 Å². The zero-order valence-corrected chi connectivity index (χ0v) is 18.1. The SMILES string of the molecule is CC(C)(C)[Si](OCCn1cncc1Br)(c1ccccc1)c1ccccc1. The van der Waals surface area contributed by atoms with Crippen molar-refractivity contribution < 1.29 is 4.43 Å². The topological polar surface area (TPSA) is 27.1 Å². The van der Waals surface area contributed by atoms with Crippen LogP contribution in [-0.4, -0.2) is 24.5 Å². The van der Waals surface area contributed by atoms with Crippen molar-refractivity contribution in [2.75, 3.05) is 6.61 Å². The second-order valence-electron chi connectivity index (χ2n) is 7.42. The van der Waals surface area contributed by atoms with Gasteiger partial charge in [-0.1, -0.05) is 81.4 Å². The highest BCUT2D eigenvalue weighted by molar-refractivity contribution is 9.10. The van der Waals surface area contributed by atoms with E-state index in [1.807, 2.05) is 12.5 Å². The molecule has 0 unspecified atom stereocenters. The van der Waals surface area contributed by atoms with Crippen molar-refractivity contribution in [3.63, 3.8) is 0 Å². The molecule has 136 valence electrons. The van der Waals surface area contributed by atoms with Gasteiger partial charge in [0.15, 0.2) is 0 Å². The highest BCUT2D eigenvalue weighted by Gasteiger charge is 2.49. The van der Waals surface area contributed by atoms with E-state index in [4.69, 9.17) is 4.43 Å². The van der Waals surface area contributed by atoms with Gasteiger partial charge in [-0.05, 0) is 31.3 Å². The Bertz CT molecular complexity index is 788. The molecule has 0 fully saturated rings. The van der Waals surface area contributed by atoms with E-state index in [1.54, 1.807) is 0 Å². The van der Waals surface area contributed by atoms with E-state index < -0.39 is 8.32 Å². The van der Waals surface area contributed by atoms with Crippen LogP contribution in [0.1, 0.15) is 20.8 Å². The minimum atomic E-state index is -2.45. The Kier molecular flexibility index (Phi) is 5.80. The molecule has 1 aromatic heterocycles. The third kappa shape index (κ3) is 3.70. The van der Waals surface area contributed by atoms with Gasteiger partial charge in [0.2, 0.25) is 0 Å². The molecule has 0 saturated heterocycles. The minimum Gasteiger partial charge on any atom is -0.406 e. The fourth-order valence-corrected chi connectivity index (χ4v) is 8.47. The zero-order valence-electron chi connectivity index (χ0n) is 15.5. The van der Waals surface area contributed by atoms with Crippen molar-refractivity contribution >= 4 is 34.6 Å². The van der Waals surface area contributed by atoms with Gasteiger partial charge in [-0.25, -0.2) is 4.98 Å². The fourth-order valence-electron chi connectivity index (χ4n) is 3.53. The quantitative estimate of drug-likeness (QED) is 0.549. The van der Waals surface area contributed by atoms with E-state index >= 15 is 0 Å². The van der Waals surface area contributed by atoms with Gasteiger partial charge in [-0.3, -0.25) is 0 Å². The zero-order chi connectivity index (χ0) is 18.6. The number of imidazole rings is 1. The maximum Gasteiger partial charge on any atom is 0.261 e. The molecule has 3 rings (SSSR count). The normalized spacial score (nSPS) is 12.3. The summed E-state index contributed by atoms with van der Waals surface area (Å²) >= 11 is 3.53. The van der Waals surface area contributed by atoms with Gasteiger partial charge in [0.05, 0.1) is 19.1 Å². The van der Waals surface area contributed by atoms with Crippen LogP contribution in [-0.2, 0) is 11.0 Å². The molecular weight excluding hydrogens is 404 g/mol. The summed E-state index contributed by atoms with van der Waals surface area (Å²) in [6.07, 6.45) is 3.64. The molecule has 0 saturated carbocycles. The van der Waals surface area contributed by atoms with Gasteiger partial charge in [0.25, 0.3) is 8.32 Å². The van der Waals surface area contributed by atoms with Crippen molar-refractivity contribution in [3.05, 3.63) is 77.8 Å². The number of hydrogen-bond donors (Lipinski definition) is 0. The molecule has 5 heteroatoms. The Balaban J connectivity index is 2.01. The summed E-state index contributed by atoms with van der Waals surface area (Å²) in [5.74, 6) is 0. The summed E-state index contributed by atoms with van der Waals surface area (Å²) in [6, 6.07) is 21.5. The summed E-state index contributed by atoms with van der Waals surface area (Å²) in [5.41, 5.74) is 0. The monoisotopic (exact) mass is 428 g/mol. The van der Waals surface area contributed by atoms with Crippen LogP contribution in [0.2, 0.25) is 5.04 Å². The molecule has 1 heterocycles. The van der Waals surface area contributed by atoms with E-state index in [1.165, 1.54) is 10.4 Å². The molecule has 0 N–H and O–H groups in total. The lowest BCUT2D eigenvalue weighted by atomic mass is 10.2. The van der Waals surface area contributed by atoms with Crippen LogP contribution < -0.4 is 10.4 Å². The van der Waals surface area contributed by atoms with E-state index in [0.29, 0.717) is 6.61 Å². The minimum absolute atomic E-state index is 0.00186. The number of hydrogen-bond acceptors (Lipinski definition) is 2. The van der Waals surface area contributed by atoms with Crippen LogP contribution in [0.4, 0.5) is 0 Å². The van der Waals surface area contributed by atoms with E-state index in [9.17, 15) is 0 Å². The van der Waals surface area contributed by atoms with Gasteiger partial charge in [0.1, 0.15) is 4.60 Å². The first-order valence-corrected chi connectivity index (χ1v) is 11.6. The van der Waals surface area contributed by atoms with Gasteiger partial charge in [-0.15, -0.1) is 0 Å². The number of halogens is 1. The number of nitrogens with zero attached hydrogens (tertiary/aromatic N) is 2. The van der Waals surface area contributed by atoms with Crippen molar-refractivity contribution in [3.8, 4) is 0 Å². The summed E-state index contributed by atoms with van der Waals surface area (Å²) in [5, 5.41) is 2.62. The average molecular weight is 429 g/mol. The van der Waals surface area contributed by atoms with Crippen LogP contribution in [0, 0.1) is 0 Å². The van der Waals surface area contributed by atoms with Crippen molar-refractivity contribution in [2.24, 2.45) is 0 Å². The number of rotatable bonds is 6. The highest BCUT2D eigenvalue weighted by Crippen LogP contribution is 2.36. The lowest BCUT2D eigenvalue weighted by Crippen LogP contribution is -2.66. The maximum atomic E-state index is 6.86. The number of benzene rings is 2. The molecule has 0 amide bonds. The Morgan fingerprint density at radius 2 is 1.50 bits per heavy atom. The molecular formula is C21H25BrN2OSi. The predicted molar refractivity (Wildman–Crippen MR) is 114 cm³/mol. The Morgan fingerprint density at radius 3 is 1.92 bits per heavy atom. The van der Waals surface area contributed by atoms with Crippen molar-refractivity contribution in [1.29, 1.82) is 0 Å². The Hall–Kier alpha value is -1.69. The smallest absolute Gasteiger partial charge is 0.261 e. The summed E-state index contributed by atoms with van der Waals surface area (Å²) in [4.78, 5) is 4.17. The van der Waals surface area contributed by atoms with Crippen molar-refractivity contribution in [2.45, 2.75) is 32.4 Å². The summed E-state index contributed by atoms with van der Waals surface area (Å²) in [6.45, 7) is 8.30. The maximum absolute atomic E-state index is 6.86. The lowest BCUT2D eigenvalue weighted by Gasteiger charge is -2.43. The summed E-state index contributed by atoms with van der Waals surface area (Å²) in [7, 11) is -2.45. The van der Waals surface area contributed by atoms with Gasteiger partial charge >= 0.3 is 0 Å². The third-order valence-electron chi connectivity index (χ3n) is 4.73. The fraction of sp³-hybridized carbons (Fsp3) is 0.286. The molecule has 0 radical (unpaired) electrons. The van der Waals surface area contributed by atoms with Crippen LogP contribution in [0.25, 0.3) is 0 Å². The highest BCUT2D eigenvalue weighted by atomic mass is 79.9. The van der Waals surface area contributed by atoms with E-state index in [-0.39, 0.29) is 5.04 Å². The first kappa shape index (κ1) is 19.1. The van der Waals surface area contributed by atoms with E-state index in [2.05, 4.69) is 107 Å². The number of aromatic nitrogens is 2. The largest absolute Gasteiger partial charge is 0.406 e. The summed E-state index contributed by atoms with van der Waals surface area (Å²) < 4.78 is 9.91. The molecule has 0 spiro atoms. The standard InChI is InChI=1S/C21H25BrN2OSi/c1-21(2,3)26(18-10-6-4-7-11-18,19-12-8-5-9-13-19)25-15-14-24-17-23-16-20(24)22/h4-13,16-17H,14-15H2,1-3H3. The first-order valence-electron chi connectivity index (χ1n) is 8.86. The van der Waals surface area contributed by atoms with Crippen LogP contribution >= 0.6 is 15.9 Å². The Labute approximate surface area is 165 Å². The van der Waals surface area contributed by atoms with Crippen LogP contribution in [0.3, 0.4) is 0 Å². The predicted octanol–water partition coefficient (Wildman–Crippen LogP) is 4.22. The average Bonchev–Trinajstić information content (AvgIpc) is 3.04. The molecule has 26 heavy (non-hydrogen) atoms. The van der Waals surface area contributed by atoms with Crippen LogP contribution in [0.15, 0.2) is 77.8 Å². The lowest BCUT2D eigenvalue weighted by molar-refractivity contribution is 0.279. The molecule has 0 aliphatic carbocycles. The molecule has 0 bridgehead atoms. The second-order valence-corrected chi connectivity index (χ2v) is 12.5. The van der Waals surface area contributed by atoms with Gasteiger partial charge < -0.3 is 8.99 Å². The van der Waals surface area contributed by atoms with Crippen molar-refractivity contribution in [1.82, 2.24) is 9.55 Å². The molecule has 0 aliphatic heterocycles. The Morgan fingerprint density at radius 1 is 0.962 bits per heavy atom. The molecule has 0 aliphatic rings. The molecule has 3 aromatic rings. The molecule has 3 nitrogen and oxygen atoms in total. The first-order chi connectivity index (χ1) is 12.4. The second kappa shape index (κ2) is 7.90. The third-order valence-corrected chi connectivity index (χ3v) is 10.4. The molecule has 0 atom stereocenters.